The molecule has 0 aliphatic carbocycles. The van der Waals surface area contributed by atoms with Crippen molar-refractivity contribution >= 4 is 7.05 Å². The van der Waals surface area contributed by atoms with E-state index < -0.39 is 7.05 Å². The minimum absolute atomic E-state index is 0. The molecule has 0 saturated heterocycles. The lowest BCUT2D eigenvalue weighted by Gasteiger charge is -2.22. The first-order valence-corrected chi connectivity index (χ1v) is 9.12. The van der Waals surface area contributed by atoms with Crippen LogP contribution in [0.4, 0.5) is 0 Å². The first-order valence-electron chi connectivity index (χ1n) is 6.56. The Morgan fingerprint density at radius 1 is 0.708 bits per heavy atom. The Hall–Kier alpha value is 0.0700. The molecule has 0 radical (unpaired) electrons. The van der Waals surface area contributed by atoms with Gasteiger partial charge in [0.15, 0.2) is 0 Å². The summed E-state index contributed by atoms with van der Waals surface area (Å²) in [6.45, 7) is 6.54. The molecule has 0 aromatic carbocycles. The molecule has 0 unspecified atom stereocenters. The van der Waals surface area contributed by atoms with Gasteiger partial charge in [-0.05, 0) is 41.9 Å². The molecule has 5 nitrogen and oxygen atoms in total. The van der Waals surface area contributed by atoms with Gasteiger partial charge < -0.3 is 25.2 Å². The third kappa shape index (κ3) is 26.9. The van der Waals surface area contributed by atoms with Crippen LogP contribution in [-0.4, -0.2) is 90.5 Å². The predicted molar refractivity (Wildman–Crippen MR) is 124 cm³/mol. The first kappa shape index (κ1) is 44.0. The second kappa shape index (κ2) is 25.3. The van der Waals surface area contributed by atoms with Crippen molar-refractivity contribution in [2.75, 3.05) is 80.7 Å². The Balaban J connectivity index is -0.0000000963. The lowest BCUT2D eigenvalue weighted by Crippen LogP contribution is -2.30. The second-order valence-corrected chi connectivity index (χ2v) is 9.17. The Morgan fingerprint density at radius 2 is 1.00 bits per heavy atom. The molecular formula is C18H56N5P. The smallest absolute Gasteiger partial charge is 0.0315 e. The maximum atomic E-state index is 4.61. The van der Waals surface area contributed by atoms with Crippen LogP contribution < -0.4 is 10.6 Å². The van der Waals surface area contributed by atoms with Gasteiger partial charge in [0, 0.05) is 45.8 Å². The van der Waals surface area contributed by atoms with Gasteiger partial charge in [0.25, 0.3) is 0 Å². The van der Waals surface area contributed by atoms with Gasteiger partial charge in [-0.1, -0.05) is 44.6 Å². The minimum atomic E-state index is -1.20. The molecule has 6 heteroatoms. The van der Waals surface area contributed by atoms with E-state index in [4.69, 9.17) is 0 Å². The zero-order valence-electron chi connectivity index (χ0n) is 13.0. The SMILES string of the molecule is C.C.C.C.C.C.CN=P(C)(CNCCN(C)C)CNCCN(C)C. The van der Waals surface area contributed by atoms with Gasteiger partial charge in [-0.3, -0.25) is 0 Å². The average molecular weight is 374 g/mol. The fourth-order valence-electron chi connectivity index (χ4n) is 1.44. The number of likely N-dealkylation sites (N-methyl/N-ethyl adjacent to an activating group) is 2. The van der Waals surface area contributed by atoms with Crippen LogP contribution in [0.5, 0.6) is 0 Å². The minimum Gasteiger partial charge on any atom is -0.310 e. The summed E-state index contributed by atoms with van der Waals surface area (Å²) in [5.41, 5.74) is 0. The Bertz CT molecular complexity index is 236. The van der Waals surface area contributed by atoms with Crippen LogP contribution in [0.25, 0.3) is 0 Å². The molecule has 158 valence electrons. The number of rotatable bonds is 10. The lowest BCUT2D eigenvalue weighted by atomic mass is 10.6. The summed E-state index contributed by atoms with van der Waals surface area (Å²) in [6, 6.07) is 0. The Kier molecular flexibility index (Phi) is 46.4. The van der Waals surface area contributed by atoms with E-state index in [2.05, 4.69) is 60.0 Å². The molecule has 0 aromatic rings. The number of hydrogen-bond donors (Lipinski definition) is 2. The van der Waals surface area contributed by atoms with E-state index in [0.29, 0.717) is 0 Å². The van der Waals surface area contributed by atoms with Crippen LogP contribution in [-0.2, 0) is 0 Å². The predicted octanol–water partition coefficient (Wildman–Crippen LogP) is 4.48. The average Bonchev–Trinajstić information content (AvgIpc) is 2.30. The summed E-state index contributed by atoms with van der Waals surface area (Å²) in [5, 5.41) is 7.04. The largest absolute Gasteiger partial charge is 0.310 e. The van der Waals surface area contributed by atoms with E-state index in [0.717, 1.165) is 38.8 Å². The van der Waals surface area contributed by atoms with Crippen LogP contribution in [0.3, 0.4) is 0 Å². The van der Waals surface area contributed by atoms with E-state index in [1.54, 1.807) is 0 Å². The second-order valence-electron chi connectivity index (χ2n) is 5.46. The van der Waals surface area contributed by atoms with E-state index in [1.807, 2.05) is 7.05 Å². The van der Waals surface area contributed by atoms with E-state index in [9.17, 15) is 0 Å². The molecule has 0 saturated carbocycles. The van der Waals surface area contributed by atoms with Crippen LogP contribution in [0.2, 0.25) is 0 Å². The van der Waals surface area contributed by atoms with Crippen molar-refractivity contribution in [1.29, 1.82) is 0 Å². The molecule has 0 fully saturated rings. The summed E-state index contributed by atoms with van der Waals surface area (Å²) in [4.78, 5) is 4.39. The maximum Gasteiger partial charge on any atom is 0.0315 e. The molecule has 0 bridgehead atoms. The summed E-state index contributed by atoms with van der Waals surface area (Å²) < 4.78 is 4.61. The van der Waals surface area contributed by atoms with Gasteiger partial charge in [0.05, 0.1) is 0 Å². The summed E-state index contributed by atoms with van der Waals surface area (Å²) in [7, 11) is 9.15. The molecule has 0 aliphatic heterocycles. The molecule has 0 aliphatic rings. The van der Waals surface area contributed by atoms with Crippen molar-refractivity contribution in [3.05, 3.63) is 0 Å². The highest BCUT2D eigenvalue weighted by molar-refractivity contribution is 7.65. The zero-order chi connectivity index (χ0) is 14.0. The van der Waals surface area contributed by atoms with E-state index in [1.165, 1.54) is 0 Å². The molecular weight excluding hydrogens is 317 g/mol. The molecule has 0 spiro atoms. The highest BCUT2D eigenvalue weighted by Gasteiger charge is 2.10. The Labute approximate surface area is 158 Å². The summed E-state index contributed by atoms with van der Waals surface area (Å²) in [5.74, 6) is 0. The topological polar surface area (TPSA) is 42.9 Å². The van der Waals surface area contributed by atoms with E-state index >= 15 is 0 Å². The first-order chi connectivity index (χ1) is 8.39. The third-order valence-electron chi connectivity index (χ3n) is 2.86. The van der Waals surface area contributed by atoms with Crippen molar-refractivity contribution < 1.29 is 0 Å². The van der Waals surface area contributed by atoms with Gasteiger partial charge in [-0.25, -0.2) is 0 Å². The van der Waals surface area contributed by atoms with Gasteiger partial charge >= 0.3 is 0 Å². The van der Waals surface area contributed by atoms with Crippen molar-refractivity contribution in [3.8, 4) is 0 Å². The van der Waals surface area contributed by atoms with Gasteiger partial charge in [-0.2, -0.15) is 0 Å². The molecule has 0 heterocycles. The van der Waals surface area contributed by atoms with Crippen LogP contribution in [0.15, 0.2) is 4.74 Å². The Morgan fingerprint density at radius 3 is 1.21 bits per heavy atom. The summed E-state index contributed by atoms with van der Waals surface area (Å²) in [6.07, 6.45) is 2.07. The van der Waals surface area contributed by atoms with Crippen molar-refractivity contribution in [2.24, 2.45) is 4.74 Å². The normalized spacial score (nSPS) is 9.33. The molecule has 24 heavy (non-hydrogen) atoms. The van der Waals surface area contributed by atoms with Crippen LogP contribution in [0, 0.1) is 0 Å². The molecule has 0 rings (SSSR count). The third-order valence-corrected chi connectivity index (χ3v) is 5.63. The van der Waals surface area contributed by atoms with Crippen molar-refractivity contribution in [2.45, 2.75) is 44.6 Å². The van der Waals surface area contributed by atoms with Gasteiger partial charge in [0.1, 0.15) is 0 Å². The lowest BCUT2D eigenvalue weighted by molar-refractivity contribution is 0.404. The van der Waals surface area contributed by atoms with Gasteiger partial charge in [-0.15, -0.1) is 0 Å². The standard InChI is InChI=1S/C12H32N5P.6CH4/c1-13-18(6,11-14-7-9-16(2)3)12-15-8-10-17(4)5;;;;;;/h14-15H,7-12H2,1-6H3;6*1H4. The molecule has 0 amide bonds. The van der Waals surface area contributed by atoms with Crippen LogP contribution >= 0.6 is 7.05 Å². The monoisotopic (exact) mass is 373 g/mol. The van der Waals surface area contributed by atoms with Crippen molar-refractivity contribution in [1.82, 2.24) is 20.4 Å². The fraction of sp³-hybridized carbons (Fsp3) is 1.00. The molecule has 0 atom stereocenters. The highest BCUT2D eigenvalue weighted by atomic mass is 31.2. The molecule has 2 N–H and O–H groups in total. The zero-order valence-corrected chi connectivity index (χ0v) is 13.9. The number of nitrogens with one attached hydrogen (secondary N) is 2. The highest BCUT2D eigenvalue weighted by Crippen LogP contribution is 2.41. The van der Waals surface area contributed by atoms with Gasteiger partial charge in [0.2, 0.25) is 0 Å². The number of hydrogen-bond acceptors (Lipinski definition) is 5. The maximum absolute atomic E-state index is 4.61. The number of nitrogens with zero attached hydrogens (tertiary/aromatic N) is 3. The van der Waals surface area contributed by atoms with Crippen molar-refractivity contribution in [3.63, 3.8) is 0 Å². The molecule has 0 aromatic heterocycles. The van der Waals surface area contributed by atoms with E-state index in [-0.39, 0.29) is 44.6 Å². The summed E-state index contributed by atoms with van der Waals surface area (Å²) >= 11 is 0. The quantitative estimate of drug-likeness (QED) is 0.438. The van der Waals surface area contributed by atoms with Crippen LogP contribution in [0.1, 0.15) is 44.6 Å². The fourth-order valence-corrected chi connectivity index (χ4v) is 3.12.